The Hall–Kier alpha value is -4.47. The summed E-state index contributed by atoms with van der Waals surface area (Å²) in [6.07, 6.45) is 1.76. The van der Waals surface area contributed by atoms with Gasteiger partial charge in [0.2, 0.25) is 11.7 Å². The highest BCUT2D eigenvalue weighted by Gasteiger charge is 2.17. The molecule has 176 valence electrons. The van der Waals surface area contributed by atoms with E-state index in [0.717, 1.165) is 0 Å². The lowest BCUT2D eigenvalue weighted by Gasteiger charge is -2.12. The Bertz CT molecular complexity index is 1300. The molecule has 1 N–H and O–H groups in total. The van der Waals surface area contributed by atoms with Crippen LogP contribution < -0.4 is 24.3 Å². The van der Waals surface area contributed by atoms with Crippen molar-refractivity contribution in [3.63, 3.8) is 0 Å². The van der Waals surface area contributed by atoms with E-state index in [-0.39, 0.29) is 18.3 Å². The van der Waals surface area contributed by atoms with Crippen LogP contribution in [0, 0.1) is 0 Å². The van der Waals surface area contributed by atoms with Crippen molar-refractivity contribution in [2.24, 2.45) is 0 Å². The largest absolute Gasteiger partial charge is 0.497 e. The summed E-state index contributed by atoms with van der Waals surface area (Å²) in [6, 6.07) is 14.1. The van der Waals surface area contributed by atoms with Gasteiger partial charge in [-0.3, -0.25) is 4.79 Å². The second kappa shape index (κ2) is 9.99. The van der Waals surface area contributed by atoms with Gasteiger partial charge in [0.1, 0.15) is 23.7 Å². The molecule has 0 unspecified atom stereocenters. The summed E-state index contributed by atoms with van der Waals surface area (Å²) >= 11 is 0. The summed E-state index contributed by atoms with van der Waals surface area (Å²) in [4.78, 5) is 17.3. The van der Waals surface area contributed by atoms with Gasteiger partial charge in [0.15, 0.2) is 11.5 Å². The molecule has 2 aromatic carbocycles. The fourth-order valence-electron chi connectivity index (χ4n) is 3.42. The molecule has 0 fully saturated rings. The lowest BCUT2D eigenvalue weighted by atomic mass is 10.2. The van der Waals surface area contributed by atoms with Crippen molar-refractivity contribution in [1.82, 2.24) is 14.7 Å². The van der Waals surface area contributed by atoms with Crippen molar-refractivity contribution in [3.8, 4) is 46.0 Å². The molecule has 0 aliphatic carbocycles. The molecule has 4 aromatic rings. The van der Waals surface area contributed by atoms with E-state index >= 15 is 0 Å². The minimum Gasteiger partial charge on any atom is -0.497 e. The van der Waals surface area contributed by atoms with Crippen molar-refractivity contribution in [3.05, 3.63) is 54.7 Å². The number of aromatic nitrogens is 3. The normalized spacial score (nSPS) is 10.6. The summed E-state index contributed by atoms with van der Waals surface area (Å²) in [5.41, 5.74) is 1.81. The maximum absolute atomic E-state index is 12.8. The van der Waals surface area contributed by atoms with Gasteiger partial charge in [-0.05, 0) is 42.5 Å². The highest BCUT2D eigenvalue weighted by Crippen LogP contribution is 2.32. The molecule has 1 amide bonds. The molecule has 0 atom stereocenters. The molecule has 2 heterocycles. The van der Waals surface area contributed by atoms with E-state index in [2.05, 4.69) is 15.5 Å². The van der Waals surface area contributed by atoms with E-state index in [4.69, 9.17) is 23.5 Å². The van der Waals surface area contributed by atoms with E-state index in [1.165, 1.54) is 7.11 Å². The maximum atomic E-state index is 12.8. The Morgan fingerprint density at radius 1 is 0.941 bits per heavy atom. The molecule has 0 radical (unpaired) electrons. The van der Waals surface area contributed by atoms with Crippen LogP contribution in [0.2, 0.25) is 0 Å². The number of hydrogen-bond acceptors (Lipinski definition) is 8. The van der Waals surface area contributed by atoms with Crippen LogP contribution in [0.25, 0.3) is 23.0 Å². The van der Waals surface area contributed by atoms with E-state index in [9.17, 15) is 4.79 Å². The van der Waals surface area contributed by atoms with Crippen LogP contribution in [0.15, 0.2) is 59.3 Å². The van der Waals surface area contributed by atoms with Gasteiger partial charge in [-0.2, -0.15) is 4.98 Å². The Morgan fingerprint density at radius 3 is 2.44 bits per heavy atom. The Morgan fingerprint density at radius 2 is 1.71 bits per heavy atom. The first kappa shape index (κ1) is 22.7. The summed E-state index contributed by atoms with van der Waals surface area (Å²) in [5.74, 6) is 2.69. The molecule has 0 aliphatic rings. The summed E-state index contributed by atoms with van der Waals surface area (Å²) < 4.78 is 28.4. The van der Waals surface area contributed by atoms with Crippen molar-refractivity contribution < 1.29 is 28.3 Å². The second-order valence-electron chi connectivity index (χ2n) is 7.13. The molecule has 0 saturated carbocycles. The topological polar surface area (TPSA) is 110 Å². The van der Waals surface area contributed by atoms with E-state index in [1.807, 2.05) is 6.07 Å². The number of benzene rings is 2. The number of rotatable bonds is 9. The predicted molar refractivity (Wildman–Crippen MR) is 124 cm³/mol. The summed E-state index contributed by atoms with van der Waals surface area (Å²) in [7, 11) is 6.22. The van der Waals surface area contributed by atoms with Gasteiger partial charge in [-0.1, -0.05) is 5.16 Å². The van der Waals surface area contributed by atoms with E-state index < -0.39 is 0 Å². The molecule has 0 bridgehead atoms. The zero-order valence-corrected chi connectivity index (χ0v) is 19.2. The van der Waals surface area contributed by atoms with Gasteiger partial charge in [0, 0.05) is 17.8 Å². The number of carbonyl (C=O) groups is 1. The number of methoxy groups -OCH3 is 4. The summed E-state index contributed by atoms with van der Waals surface area (Å²) in [5, 5.41) is 6.93. The van der Waals surface area contributed by atoms with Crippen LogP contribution in [-0.4, -0.2) is 49.1 Å². The highest BCUT2D eigenvalue weighted by atomic mass is 16.5. The van der Waals surface area contributed by atoms with Crippen molar-refractivity contribution in [2.45, 2.75) is 6.54 Å². The number of nitrogens with one attached hydrogen (secondary N) is 1. The zero-order chi connectivity index (χ0) is 24.1. The minimum absolute atomic E-state index is 0.0246. The van der Waals surface area contributed by atoms with Crippen LogP contribution in [0.3, 0.4) is 0 Å². The van der Waals surface area contributed by atoms with Crippen molar-refractivity contribution >= 4 is 11.6 Å². The first-order valence-electron chi connectivity index (χ1n) is 10.3. The second-order valence-corrected chi connectivity index (χ2v) is 7.13. The molecular formula is C24H24N4O6. The average Bonchev–Trinajstić information content (AvgIpc) is 3.53. The SMILES string of the molecule is COc1ccc(OC)c(NC(=O)Cn2cccc2-c2nc(-c3ccc(OC)c(OC)c3)no2)c1. The van der Waals surface area contributed by atoms with Gasteiger partial charge in [-0.25, -0.2) is 0 Å². The van der Waals surface area contributed by atoms with Crippen LogP contribution in [-0.2, 0) is 11.3 Å². The predicted octanol–water partition coefficient (Wildman–Crippen LogP) is 3.88. The third-order valence-electron chi connectivity index (χ3n) is 5.11. The minimum atomic E-state index is -0.261. The van der Waals surface area contributed by atoms with Crippen LogP contribution in [0.1, 0.15) is 0 Å². The van der Waals surface area contributed by atoms with Gasteiger partial charge >= 0.3 is 0 Å². The fourth-order valence-corrected chi connectivity index (χ4v) is 3.42. The molecule has 10 nitrogen and oxygen atoms in total. The van der Waals surface area contributed by atoms with Crippen LogP contribution in [0.5, 0.6) is 23.0 Å². The molecule has 34 heavy (non-hydrogen) atoms. The summed E-state index contributed by atoms with van der Waals surface area (Å²) in [6.45, 7) is 0.0246. The fraction of sp³-hybridized carbons (Fsp3) is 0.208. The standard InChI is InChI=1S/C24H24N4O6/c1-30-16-8-10-19(31-2)17(13-16)25-22(29)14-28-11-5-6-18(28)24-26-23(27-34-24)15-7-9-20(32-3)21(12-15)33-4/h5-13H,14H2,1-4H3,(H,25,29). The molecular weight excluding hydrogens is 440 g/mol. The number of nitrogens with zero attached hydrogens (tertiary/aromatic N) is 3. The van der Waals surface area contributed by atoms with Gasteiger partial charge in [-0.15, -0.1) is 0 Å². The maximum Gasteiger partial charge on any atom is 0.274 e. The zero-order valence-electron chi connectivity index (χ0n) is 19.2. The number of ether oxygens (including phenoxy) is 4. The quantitative estimate of drug-likeness (QED) is 0.397. The molecule has 0 aliphatic heterocycles. The van der Waals surface area contributed by atoms with Crippen molar-refractivity contribution in [1.29, 1.82) is 0 Å². The number of amides is 1. The van der Waals surface area contributed by atoms with Crippen molar-refractivity contribution in [2.75, 3.05) is 33.8 Å². The third kappa shape index (κ3) is 4.65. The van der Waals surface area contributed by atoms with Gasteiger partial charge in [0.05, 0.1) is 34.1 Å². The number of hydrogen-bond donors (Lipinski definition) is 1. The lowest BCUT2D eigenvalue weighted by molar-refractivity contribution is -0.116. The van der Waals surface area contributed by atoms with E-state index in [1.54, 1.807) is 74.6 Å². The van der Waals surface area contributed by atoms with Crippen LogP contribution >= 0.6 is 0 Å². The smallest absolute Gasteiger partial charge is 0.274 e. The molecule has 0 spiro atoms. The monoisotopic (exact) mass is 464 g/mol. The number of anilines is 1. The first-order chi connectivity index (χ1) is 16.6. The highest BCUT2D eigenvalue weighted by molar-refractivity contribution is 5.92. The first-order valence-corrected chi connectivity index (χ1v) is 10.3. The number of carbonyl (C=O) groups excluding carboxylic acids is 1. The molecule has 2 aromatic heterocycles. The Labute approximate surface area is 196 Å². The average molecular weight is 464 g/mol. The van der Waals surface area contributed by atoms with Crippen LogP contribution in [0.4, 0.5) is 5.69 Å². The molecule has 4 rings (SSSR count). The molecule has 0 saturated heterocycles. The Kier molecular flexibility index (Phi) is 6.67. The molecule has 10 heteroatoms. The van der Waals surface area contributed by atoms with E-state index in [0.29, 0.717) is 45.8 Å². The van der Waals surface area contributed by atoms with Gasteiger partial charge < -0.3 is 33.4 Å². The third-order valence-corrected chi connectivity index (χ3v) is 5.11. The lowest BCUT2D eigenvalue weighted by Crippen LogP contribution is -2.19. The Balaban J connectivity index is 1.53. The van der Waals surface area contributed by atoms with Gasteiger partial charge in [0.25, 0.3) is 5.89 Å².